The number of benzene rings is 1. The molecular formula is C16H22N2O5. The first-order chi connectivity index (χ1) is 11.0. The fourth-order valence-corrected chi connectivity index (χ4v) is 2.49. The highest BCUT2D eigenvalue weighted by Gasteiger charge is 2.36. The van der Waals surface area contributed by atoms with Gasteiger partial charge in [0.25, 0.3) is 0 Å². The Bertz CT molecular complexity index is 537. The molecule has 1 saturated heterocycles. The van der Waals surface area contributed by atoms with Crippen LogP contribution >= 0.6 is 0 Å². The van der Waals surface area contributed by atoms with E-state index in [1.54, 1.807) is 6.92 Å². The van der Waals surface area contributed by atoms with E-state index in [0.29, 0.717) is 6.42 Å². The van der Waals surface area contributed by atoms with Crippen molar-refractivity contribution in [2.24, 2.45) is 0 Å². The van der Waals surface area contributed by atoms with Gasteiger partial charge < -0.3 is 24.8 Å². The van der Waals surface area contributed by atoms with E-state index in [0.717, 1.165) is 5.56 Å². The SMILES string of the molecule is COC1C[C@@H](O)CN1C(=O)[C@H](C)NC(=O)OCc1ccccc1. The molecule has 23 heavy (non-hydrogen) atoms. The normalized spacial score (nSPS) is 21.8. The zero-order valence-electron chi connectivity index (χ0n) is 13.3. The van der Waals surface area contributed by atoms with Gasteiger partial charge in [-0.05, 0) is 12.5 Å². The molecule has 3 atom stereocenters. The van der Waals surface area contributed by atoms with Crippen LogP contribution in [0.2, 0.25) is 0 Å². The van der Waals surface area contributed by atoms with Crippen molar-refractivity contribution >= 4 is 12.0 Å². The van der Waals surface area contributed by atoms with E-state index in [4.69, 9.17) is 9.47 Å². The number of nitrogens with one attached hydrogen (secondary N) is 1. The van der Waals surface area contributed by atoms with Crippen molar-refractivity contribution in [3.8, 4) is 0 Å². The molecule has 0 aliphatic carbocycles. The van der Waals surface area contributed by atoms with E-state index in [-0.39, 0.29) is 19.1 Å². The first-order valence-corrected chi connectivity index (χ1v) is 7.49. The maximum atomic E-state index is 12.3. The molecule has 0 spiro atoms. The van der Waals surface area contributed by atoms with Gasteiger partial charge in [-0.1, -0.05) is 30.3 Å². The summed E-state index contributed by atoms with van der Waals surface area (Å²) in [4.78, 5) is 25.5. The van der Waals surface area contributed by atoms with Crippen LogP contribution in [0.25, 0.3) is 0 Å². The highest BCUT2D eigenvalue weighted by atomic mass is 16.5. The number of methoxy groups -OCH3 is 1. The maximum Gasteiger partial charge on any atom is 0.408 e. The lowest BCUT2D eigenvalue weighted by Crippen LogP contribution is -2.49. The number of nitrogens with zero attached hydrogens (tertiary/aromatic N) is 1. The summed E-state index contributed by atoms with van der Waals surface area (Å²) < 4.78 is 10.3. The second kappa shape index (κ2) is 7.94. The van der Waals surface area contributed by atoms with E-state index < -0.39 is 24.5 Å². The smallest absolute Gasteiger partial charge is 0.408 e. The molecule has 0 bridgehead atoms. The molecule has 1 fully saturated rings. The Hall–Kier alpha value is -2.12. The minimum atomic E-state index is -0.763. The molecule has 0 radical (unpaired) electrons. The lowest BCUT2D eigenvalue weighted by Gasteiger charge is -2.26. The van der Waals surface area contributed by atoms with Crippen molar-refractivity contribution < 1.29 is 24.2 Å². The predicted molar refractivity (Wildman–Crippen MR) is 82.4 cm³/mol. The Morgan fingerprint density at radius 2 is 2.09 bits per heavy atom. The van der Waals surface area contributed by atoms with Crippen LogP contribution in [-0.2, 0) is 20.9 Å². The number of hydrogen-bond donors (Lipinski definition) is 2. The topological polar surface area (TPSA) is 88.1 Å². The van der Waals surface area contributed by atoms with Crippen LogP contribution in [0.3, 0.4) is 0 Å². The Morgan fingerprint density at radius 1 is 1.39 bits per heavy atom. The molecule has 1 heterocycles. The van der Waals surface area contributed by atoms with Gasteiger partial charge in [-0.25, -0.2) is 4.79 Å². The fourth-order valence-electron chi connectivity index (χ4n) is 2.49. The van der Waals surface area contributed by atoms with E-state index in [1.165, 1.54) is 12.0 Å². The van der Waals surface area contributed by atoms with Crippen molar-refractivity contribution in [3.63, 3.8) is 0 Å². The number of hydrogen-bond acceptors (Lipinski definition) is 5. The summed E-state index contributed by atoms with van der Waals surface area (Å²) in [5, 5.41) is 12.1. The molecule has 1 aliphatic heterocycles. The van der Waals surface area contributed by atoms with Gasteiger partial charge >= 0.3 is 6.09 Å². The van der Waals surface area contributed by atoms with Crippen molar-refractivity contribution in [1.82, 2.24) is 10.2 Å². The number of amides is 2. The fraction of sp³-hybridized carbons (Fsp3) is 0.500. The monoisotopic (exact) mass is 322 g/mol. The van der Waals surface area contributed by atoms with Gasteiger partial charge in [0.2, 0.25) is 5.91 Å². The van der Waals surface area contributed by atoms with Crippen LogP contribution in [0, 0.1) is 0 Å². The molecule has 7 nitrogen and oxygen atoms in total. The van der Waals surface area contributed by atoms with Crippen LogP contribution in [0.5, 0.6) is 0 Å². The van der Waals surface area contributed by atoms with E-state index in [2.05, 4.69) is 5.32 Å². The van der Waals surface area contributed by atoms with Gasteiger partial charge in [-0.15, -0.1) is 0 Å². The molecule has 0 aromatic heterocycles. The third-order valence-electron chi connectivity index (χ3n) is 3.70. The summed E-state index contributed by atoms with van der Waals surface area (Å²) in [7, 11) is 1.48. The van der Waals surface area contributed by atoms with Gasteiger partial charge in [0.15, 0.2) is 0 Å². The molecule has 2 rings (SSSR count). The van der Waals surface area contributed by atoms with Crippen LogP contribution in [0.15, 0.2) is 30.3 Å². The van der Waals surface area contributed by atoms with Gasteiger partial charge in [-0.3, -0.25) is 4.79 Å². The highest BCUT2D eigenvalue weighted by molar-refractivity contribution is 5.85. The first-order valence-electron chi connectivity index (χ1n) is 7.49. The number of carbonyl (C=O) groups is 2. The van der Waals surface area contributed by atoms with Crippen LogP contribution < -0.4 is 5.32 Å². The zero-order chi connectivity index (χ0) is 16.8. The lowest BCUT2D eigenvalue weighted by molar-refractivity contribution is -0.141. The van der Waals surface area contributed by atoms with Crippen molar-refractivity contribution in [2.45, 2.75) is 38.3 Å². The Morgan fingerprint density at radius 3 is 2.74 bits per heavy atom. The van der Waals surface area contributed by atoms with E-state index in [9.17, 15) is 14.7 Å². The Balaban J connectivity index is 1.82. The average molecular weight is 322 g/mol. The molecular weight excluding hydrogens is 300 g/mol. The third kappa shape index (κ3) is 4.67. The van der Waals surface area contributed by atoms with Crippen LogP contribution in [0.4, 0.5) is 4.79 Å². The molecule has 1 aromatic rings. The number of alkyl carbamates (subject to hydrolysis) is 1. The van der Waals surface area contributed by atoms with Gasteiger partial charge in [0.1, 0.15) is 18.9 Å². The molecule has 1 unspecified atom stereocenters. The minimum Gasteiger partial charge on any atom is -0.445 e. The molecule has 2 amide bonds. The highest BCUT2D eigenvalue weighted by Crippen LogP contribution is 2.19. The third-order valence-corrected chi connectivity index (χ3v) is 3.70. The van der Waals surface area contributed by atoms with Gasteiger partial charge in [-0.2, -0.15) is 0 Å². The average Bonchev–Trinajstić information content (AvgIpc) is 2.94. The van der Waals surface area contributed by atoms with E-state index >= 15 is 0 Å². The molecule has 126 valence electrons. The van der Waals surface area contributed by atoms with Crippen LogP contribution in [0.1, 0.15) is 18.9 Å². The predicted octanol–water partition coefficient (Wildman–Crippen LogP) is 0.867. The molecule has 7 heteroatoms. The van der Waals surface area contributed by atoms with Crippen molar-refractivity contribution in [3.05, 3.63) is 35.9 Å². The standard InChI is InChI=1S/C16H22N2O5/c1-11(15(20)18-9-13(19)8-14(18)22-2)17-16(21)23-10-12-6-4-3-5-7-12/h3-7,11,13-14,19H,8-10H2,1-2H3,(H,17,21)/t11-,13+,14?/m0/s1. The Labute approximate surface area is 135 Å². The number of β-amino-alcohol motifs (C(OH)–C–C–N with tert-alkyl or cyclic N) is 1. The lowest BCUT2D eigenvalue weighted by atomic mass is 10.2. The van der Waals surface area contributed by atoms with Crippen LogP contribution in [-0.4, -0.2) is 54.0 Å². The summed E-state index contributed by atoms with van der Waals surface area (Å²) in [6.45, 7) is 1.91. The number of aliphatic hydroxyl groups excluding tert-OH is 1. The second-order valence-corrected chi connectivity index (χ2v) is 5.50. The molecule has 2 N–H and O–H groups in total. The summed E-state index contributed by atoms with van der Waals surface area (Å²) in [5.74, 6) is -0.315. The number of carbonyl (C=O) groups excluding carboxylic acids is 2. The summed E-state index contributed by atoms with van der Waals surface area (Å²) >= 11 is 0. The van der Waals surface area contributed by atoms with Gasteiger partial charge in [0, 0.05) is 20.1 Å². The summed E-state index contributed by atoms with van der Waals surface area (Å²) in [6, 6.07) is 8.51. The largest absolute Gasteiger partial charge is 0.445 e. The number of aliphatic hydroxyl groups is 1. The second-order valence-electron chi connectivity index (χ2n) is 5.50. The number of rotatable bonds is 5. The first kappa shape index (κ1) is 17.2. The maximum absolute atomic E-state index is 12.3. The van der Waals surface area contributed by atoms with E-state index in [1.807, 2.05) is 30.3 Å². The molecule has 1 aromatic carbocycles. The molecule has 1 aliphatic rings. The quantitative estimate of drug-likeness (QED) is 0.840. The zero-order valence-corrected chi connectivity index (χ0v) is 13.3. The summed E-state index contributed by atoms with van der Waals surface area (Å²) in [5.41, 5.74) is 0.865. The van der Waals surface area contributed by atoms with Gasteiger partial charge in [0.05, 0.1) is 6.10 Å². The number of likely N-dealkylation sites (tertiary alicyclic amines) is 1. The number of ether oxygens (including phenoxy) is 2. The Kier molecular flexibility index (Phi) is 5.95. The summed E-state index contributed by atoms with van der Waals surface area (Å²) in [6.07, 6.45) is -1.38. The minimum absolute atomic E-state index is 0.136. The van der Waals surface area contributed by atoms with Crippen molar-refractivity contribution in [2.75, 3.05) is 13.7 Å². The molecule has 0 saturated carbocycles. The van der Waals surface area contributed by atoms with Crippen molar-refractivity contribution in [1.29, 1.82) is 0 Å².